The molecule has 2 atom stereocenters. The van der Waals surface area contributed by atoms with E-state index < -0.39 is 0 Å². The van der Waals surface area contributed by atoms with Gasteiger partial charge in [-0.25, -0.2) is 4.39 Å². The van der Waals surface area contributed by atoms with Crippen LogP contribution in [-0.2, 0) is 0 Å². The van der Waals surface area contributed by atoms with Gasteiger partial charge in [-0.1, -0.05) is 37.3 Å². The summed E-state index contributed by atoms with van der Waals surface area (Å²) >= 11 is 0. The molecule has 0 spiro atoms. The number of fused-ring (bicyclic) bond motifs is 1. The van der Waals surface area contributed by atoms with Gasteiger partial charge in [-0.05, 0) is 48.1 Å². The lowest BCUT2D eigenvalue weighted by Crippen LogP contribution is -2.19. The van der Waals surface area contributed by atoms with E-state index in [-0.39, 0.29) is 11.9 Å². The van der Waals surface area contributed by atoms with Crippen LogP contribution in [0.4, 0.5) is 10.1 Å². The first-order valence-corrected chi connectivity index (χ1v) is 6.85. The monoisotopic (exact) mass is 255 g/mol. The zero-order valence-electron chi connectivity index (χ0n) is 11.1. The van der Waals surface area contributed by atoms with E-state index in [1.165, 1.54) is 23.6 Å². The highest BCUT2D eigenvalue weighted by Gasteiger charge is 2.24. The van der Waals surface area contributed by atoms with Crippen molar-refractivity contribution >= 4 is 5.69 Å². The molecule has 0 amide bonds. The quantitative estimate of drug-likeness (QED) is 0.806. The highest BCUT2D eigenvalue weighted by molar-refractivity contribution is 5.48. The van der Waals surface area contributed by atoms with Crippen molar-refractivity contribution in [3.63, 3.8) is 0 Å². The Labute approximate surface area is 113 Å². The predicted molar refractivity (Wildman–Crippen MR) is 76.9 cm³/mol. The molecule has 0 saturated carbocycles. The standard InChI is InChI=1S/C17H18FN/c1-12-9-10-17(16-8-3-2-7-15(12)16)19-14-6-4-5-13(18)11-14/h2-8,11-12,17,19H,9-10H2,1H3. The molecule has 2 aromatic carbocycles. The van der Waals surface area contributed by atoms with E-state index in [1.807, 2.05) is 6.07 Å². The second-order valence-electron chi connectivity index (χ2n) is 5.31. The van der Waals surface area contributed by atoms with Gasteiger partial charge in [-0.3, -0.25) is 0 Å². The van der Waals surface area contributed by atoms with Gasteiger partial charge in [-0.2, -0.15) is 0 Å². The van der Waals surface area contributed by atoms with Gasteiger partial charge in [0.2, 0.25) is 0 Å². The predicted octanol–water partition coefficient (Wildman–Crippen LogP) is 4.88. The minimum absolute atomic E-state index is 0.192. The highest BCUT2D eigenvalue weighted by Crippen LogP contribution is 2.38. The van der Waals surface area contributed by atoms with Crippen LogP contribution < -0.4 is 5.32 Å². The van der Waals surface area contributed by atoms with Crippen LogP contribution in [-0.4, -0.2) is 0 Å². The minimum Gasteiger partial charge on any atom is -0.378 e. The molecule has 2 heteroatoms. The van der Waals surface area contributed by atoms with Gasteiger partial charge in [0.25, 0.3) is 0 Å². The normalized spacial score (nSPS) is 21.8. The third-order valence-electron chi connectivity index (χ3n) is 3.96. The van der Waals surface area contributed by atoms with Gasteiger partial charge in [0.1, 0.15) is 5.82 Å². The summed E-state index contributed by atoms with van der Waals surface area (Å²) in [4.78, 5) is 0. The molecule has 2 unspecified atom stereocenters. The van der Waals surface area contributed by atoms with E-state index in [4.69, 9.17) is 0 Å². The molecular weight excluding hydrogens is 237 g/mol. The summed E-state index contributed by atoms with van der Waals surface area (Å²) < 4.78 is 13.2. The maximum absolute atomic E-state index is 13.2. The van der Waals surface area contributed by atoms with Crippen molar-refractivity contribution in [1.82, 2.24) is 0 Å². The maximum Gasteiger partial charge on any atom is 0.125 e. The molecule has 98 valence electrons. The van der Waals surface area contributed by atoms with Crippen molar-refractivity contribution in [2.45, 2.75) is 31.7 Å². The fourth-order valence-electron chi connectivity index (χ4n) is 2.93. The number of halogens is 1. The summed E-state index contributed by atoms with van der Waals surface area (Å²) in [5.41, 5.74) is 3.63. The van der Waals surface area contributed by atoms with Crippen molar-refractivity contribution in [3.05, 3.63) is 65.5 Å². The number of hydrogen-bond acceptors (Lipinski definition) is 1. The summed E-state index contributed by atoms with van der Waals surface area (Å²) in [5.74, 6) is 0.421. The topological polar surface area (TPSA) is 12.0 Å². The Morgan fingerprint density at radius 3 is 2.58 bits per heavy atom. The molecule has 19 heavy (non-hydrogen) atoms. The van der Waals surface area contributed by atoms with Crippen molar-refractivity contribution < 1.29 is 4.39 Å². The summed E-state index contributed by atoms with van der Waals surface area (Å²) in [5, 5.41) is 3.46. The lowest BCUT2D eigenvalue weighted by molar-refractivity contribution is 0.534. The van der Waals surface area contributed by atoms with E-state index >= 15 is 0 Å². The van der Waals surface area contributed by atoms with Crippen molar-refractivity contribution in [2.75, 3.05) is 5.32 Å². The Balaban J connectivity index is 1.89. The minimum atomic E-state index is -0.192. The molecule has 2 aromatic rings. The zero-order chi connectivity index (χ0) is 13.2. The molecule has 0 aromatic heterocycles. The molecule has 1 N–H and O–H groups in total. The molecule has 0 saturated heterocycles. The van der Waals surface area contributed by atoms with Gasteiger partial charge in [0, 0.05) is 5.69 Å². The van der Waals surface area contributed by atoms with Crippen LogP contribution in [0.25, 0.3) is 0 Å². The second kappa shape index (κ2) is 5.04. The number of anilines is 1. The van der Waals surface area contributed by atoms with Crippen molar-refractivity contribution in [3.8, 4) is 0 Å². The van der Waals surface area contributed by atoms with Gasteiger partial charge in [0.15, 0.2) is 0 Å². The molecular formula is C17H18FN. The lowest BCUT2D eigenvalue weighted by atomic mass is 9.81. The lowest BCUT2D eigenvalue weighted by Gasteiger charge is -2.31. The van der Waals surface area contributed by atoms with Crippen molar-refractivity contribution in [1.29, 1.82) is 0 Å². The average molecular weight is 255 g/mol. The van der Waals surface area contributed by atoms with Crippen LogP contribution in [0.2, 0.25) is 0 Å². The smallest absolute Gasteiger partial charge is 0.125 e. The largest absolute Gasteiger partial charge is 0.378 e. The van der Waals surface area contributed by atoms with Gasteiger partial charge in [-0.15, -0.1) is 0 Å². The van der Waals surface area contributed by atoms with E-state index in [1.54, 1.807) is 12.1 Å². The van der Waals surface area contributed by atoms with Gasteiger partial charge >= 0.3 is 0 Å². The first-order valence-electron chi connectivity index (χ1n) is 6.85. The van der Waals surface area contributed by atoms with Crippen LogP contribution in [0.1, 0.15) is 42.9 Å². The fourth-order valence-corrected chi connectivity index (χ4v) is 2.93. The summed E-state index contributed by atoms with van der Waals surface area (Å²) in [6.07, 6.45) is 2.26. The van der Waals surface area contributed by atoms with Crippen LogP contribution in [0.5, 0.6) is 0 Å². The number of hydrogen-bond donors (Lipinski definition) is 1. The Hall–Kier alpha value is -1.83. The summed E-state index contributed by atoms with van der Waals surface area (Å²) in [6.45, 7) is 2.28. The third-order valence-corrected chi connectivity index (χ3v) is 3.96. The average Bonchev–Trinajstić information content (AvgIpc) is 2.42. The first-order chi connectivity index (χ1) is 9.24. The fraction of sp³-hybridized carbons (Fsp3) is 0.294. The third kappa shape index (κ3) is 2.48. The Bertz CT molecular complexity index is 579. The molecule has 1 aliphatic rings. The Morgan fingerprint density at radius 2 is 1.79 bits per heavy atom. The van der Waals surface area contributed by atoms with Crippen molar-refractivity contribution in [2.24, 2.45) is 0 Å². The molecule has 0 fully saturated rings. The summed E-state index contributed by atoms with van der Waals surface area (Å²) in [6, 6.07) is 15.6. The number of nitrogens with one attached hydrogen (secondary N) is 1. The molecule has 3 rings (SSSR count). The molecule has 0 aliphatic heterocycles. The van der Waals surface area contributed by atoms with Crippen LogP contribution in [0, 0.1) is 5.82 Å². The van der Waals surface area contributed by atoms with E-state index in [0.717, 1.165) is 12.1 Å². The van der Waals surface area contributed by atoms with E-state index in [9.17, 15) is 4.39 Å². The summed E-state index contributed by atoms with van der Waals surface area (Å²) in [7, 11) is 0. The zero-order valence-corrected chi connectivity index (χ0v) is 11.1. The van der Waals surface area contributed by atoms with Crippen LogP contribution in [0.15, 0.2) is 48.5 Å². The molecule has 0 bridgehead atoms. The Kier molecular flexibility index (Phi) is 3.24. The molecule has 0 heterocycles. The van der Waals surface area contributed by atoms with E-state index in [2.05, 4.69) is 36.5 Å². The number of benzene rings is 2. The Morgan fingerprint density at radius 1 is 1.00 bits per heavy atom. The van der Waals surface area contributed by atoms with Gasteiger partial charge in [0.05, 0.1) is 6.04 Å². The first kappa shape index (κ1) is 12.2. The molecule has 0 radical (unpaired) electrons. The SMILES string of the molecule is CC1CCC(Nc2cccc(F)c2)c2ccccc21. The maximum atomic E-state index is 13.2. The van der Waals surface area contributed by atoms with Crippen LogP contribution in [0.3, 0.4) is 0 Å². The molecule has 1 nitrogen and oxygen atoms in total. The molecule has 1 aliphatic carbocycles. The number of rotatable bonds is 2. The van der Waals surface area contributed by atoms with Gasteiger partial charge < -0.3 is 5.32 Å². The second-order valence-corrected chi connectivity index (χ2v) is 5.31. The van der Waals surface area contributed by atoms with E-state index in [0.29, 0.717) is 5.92 Å². The van der Waals surface area contributed by atoms with Crippen LogP contribution >= 0.6 is 0 Å². The highest BCUT2D eigenvalue weighted by atomic mass is 19.1.